The molecule has 0 saturated carbocycles. The Morgan fingerprint density at radius 2 is 2.11 bits per heavy atom. The van der Waals surface area contributed by atoms with Crippen molar-refractivity contribution in [1.82, 2.24) is 0 Å². The van der Waals surface area contributed by atoms with Gasteiger partial charge in [0, 0.05) is 24.1 Å². The van der Waals surface area contributed by atoms with Crippen molar-refractivity contribution in [3.05, 3.63) is 29.3 Å². The second kappa shape index (κ2) is 6.50. The minimum absolute atomic E-state index is 0.0702. The molecule has 0 atom stereocenters. The van der Waals surface area contributed by atoms with Crippen molar-refractivity contribution >= 4 is 17.4 Å². The van der Waals surface area contributed by atoms with E-state index in [9.17, 15) is 9.59 Å². The molecule has 0 saturated heterocycles. The Kier molecular flexibility index (Phi) is 4.72. The maximum atomic E-state index is 12.1. The fourth-order valence-electron chi connectivity index (χ4n) is 2.43. The first-order chi connectivity index (χ1) is 9.20. The Morgan fingerprint density at radius 1 is 1.26 bits per heavy atom. The Hall–Kier alpha value is -1.64. The Bertz CT molecular complexity index is 480. The molecule has 3 nitrogen and oxygen atoms in total. The average Bonchev–Trinajstić information content (AvgIpc) is 2.58. The molecule has 3 heteroatoms. The summed E-state index contributed by atoms with van der Waals surface area (Å²) in [5, 5.41) is 2.89. The molecule has 1 aliphatic rings. The molecule has 19 heavy (non-hydrogen) atoms. The third-order valence-corrected chi connectivity index (χ3v) is 3.56. The first-order valence-electron chi connectivity index (χ1n) is 7.16. The van der Waals surface area contributed by atoms with E-state index in [1.807, 2.05) is 18.2 Å². The second-order valence-electron chi connectivity index (χ2n) is 5.15. The van der Waals surface area contributed by atoms with Crippen molar-refractivity contribution in [1.29, 1.82) is 0 Å². The lowest BCUT2D eigenvalue weighted by atomic mass is 9.99. The molecular weight excluding hydrogens is 238 g/mol. The van der Waals surface area contributed by atoms with E-state index in [0.29, 0.717) is 12.8 Å². The zero-order valence-electron chi connectivity index (χ0n) is 11.5. The van der Waals surface area contributed by atoms with Crippen molar-refractivity contribution < 1.29 is 9.59 Å². The molecule has 0 spiro atoms. The molecule has 1 N–H and O–H groups in total. The van der Waals surface area contributed by atoms with Gasteiger partial charge in [-0.05, 0) is 43.0 Å². The number of ketones is 1. The summed E-state index contributed by atoms with van der Waals surface area (Å²) in [5.41, 5.74) is 2.74. The molecule has 0 unspecified atom stereocenters. The summed E-state index contributed by atoms with van der Waals surface area (Å²) in [4.78, 5) is 23.5. The van der Waals surface area contributed by atoms with Crippen molar-refractivity contribution in [3.63, 3.8) is 0 Å². The molecule has 1 aromatic rings. The Balaban J connectivity index is 2.09. The van der Waals surface area contributed by atoms with Crippen molar-refractivity contribution in [3.8, 4) is 0 Å². The lowest BCUT2D eigenvalue weighted by Crippen LogP contribution is -2.09. The van der Waals surface area contributed by atoms with E-state index < -0.39 is 0 Å². The van der Waals surface area contributed by atoms with Gasteiger partial charge in [0.25, 0.3) is 0 Å². The first kappa shape index (κ1) is 13.8. The van der Waals surface area contributed by atoms with Gasteiger partial charge in [0.1, 0.15) is 0 Å². The summed E-state index contributed by atoms with van der Waals surface area (Å²) >= 11 is 0. The third-order valence-electron chi connectivity index (χ3n) is 3.56. The van der Waals surface area contributed by atoms with Crippen molar-refractivity contribution in [2.45, 2.75) is 51.9 Å². The van der Waals surface area contributed by atoms with Gasteiger partial charge in [-0.15, -0.1) is 0 Å². The minimum atomic E-state index is 0.0702. The van der Waals surface area contributed by atoms with Crippen LogP contribution in [0.2, 0.25) is 0 Å². The van der Waals surface area contributed by atoms with Crippen LogP contribution < -0.4 is 5.32 Å². The molecule has 0 aromatic heterocycles. The highest BCUT2D eigenvalue weighted by molar-refractivity contribution is 5.98. The number of rotatable bonds is 5. The highest BCUT2D eigenvalue weighted by Gasteiger charge is 2.14. The van der Waals surface area contributed by atoms with E-state index in [4.69, 9.17) is 0 Å². The molecule has 1 aromatic carbocycles. The maximum Gasteiger partial charge on any atom is 0.224 e. The van der Waals surface area contributed by atoms with Crippen LogP contribution in [0.15, 0.2) is 18.2 Å². The van der Waals surface area contributed by atoms with Gasteiger partial charge in [-0.25, -0.2) is 0 Å². The fourth-order valence-corrected chi connectivity index (χ4v) is 2.43. The number of nitrogens with one attached hydrogen (secondary N) is 1. The van der Waals surface area contributed by atoms with Gasteiger partial charge >= 0.3 is 0 Å². The predicted molar refractivity (Wildman–Crippen MR) is 76.5 cm³/mol. The van der Waals surface area contributed by atoms with Gasteiger partial charge in [-0.3, -0.25) is 9.59 Å². The number of amides is 1. The lowest BCUT2D eigenvalue weighted by Gasteiger charge is -2.08. The van der Waals surface area contributed by atoms with Crippen LogP contribution in [0.3, 0.4) is 0 Å². The number of benzene rings is 1. The van der Waals surface area contributed by atoms with Gasteiger partial charge in [0.15, 0.2) is 5.78 Å². The predicted octanol–water partition coefficient (Wildman–Crippen LogP) is 3.72. The topological polar surface area (TPSA) is 46.2 Å². The van der Waals surface area contributed by atoms with Crippen LogP contribution in [0.25, 0.3) is 0 Å². The Labute approximate surface area is 114 Å². The van der Waals surface area contributed by atoms with Crippen molar-refractivity contribution in [2.75, 3.05) is 5.32 Å². The lowest BCUT2D eigenvalue weighted by molar-refractivity contribution is -0.116. The van der Waals surface area contributed by atoms with E-state index >= 15 is 0 Å². The zero-order chi connectivity index (χ0) is 13.7. The second-order valence-corrected chi connectivity index (χ2v) is 5.15. The molecule has 2 rings (SSSR count). The van der Waals surface area contributed by atoms with Crippen LogP contribution >= 0.6 is 0 Å². The van der Waals surface area contributed by atoms with E-state index in [2.05, 4.69) is 12.2 Å². The van der Waals surface area contributed by atoms with Crippen LogP contribution in [0, 0.1) is 0 Å². The van der Waals surface area contributed by atoms with Crippen LogP contribution in [-0.4, -0.2) is 11.7 Å². The van der Waals surface area contributed by atoms with Gasteiger partial charge in [-0.2, -0.15) is 0 Å². The van der Waals surface area contributed by atoms with Crippen LogP contribution in [-0.2, 0) is 11.2 Å². The molecule has 0 fully saturated rings. The molecular formula is C16H21NO2. The van der Waals surface area contributed by atoms with Crippen LogP contribution in [0.5, 0.6) is 0 Å². The molecule has 1 aliphatic heterocycles. The third kappa shape index (κ3) is 3.66. The zero-order valence-corrected chi connectivity index (χ0v) is 11.5. The Morgan fingerprint density at radius 3 is 2.89 bits per heavy atom. The highest BCUT2D eigenvalue weighted by atomic mass is 16.1. The molecule has 1 amide bonds. The van der Waals surface area contributed by atoms with E-state index in [0.717, 1.165) is 48.9 Å². The summed E-state index contributed by atoms with van der Waals surface area (Å²) < 4.78 is 0. The summed E-state index contributed by atoms with van der Waals surface area (Å²) in [6.07, 6.45) is 6.10. The number of carbonyl (C=O) groups excluding carboxylic acids is 2. The maximum absolute atomic E-state index is 12.1. The van der Waals surface area contributed by atoms with Crippen LogP contribution in [0.1, 0.15) is 61.4 Å². The number of hydrogen-bond donors (Lipinski definition) is 1. The first-order valence-corrected chi connectivity index (χ1v) is 7.16. The molecule has 1 heterocycles. The van der Waals surface area contributed by atoms with E-state index in [-0.39, 0.29) is 11.7 Å². The van der Waals surface area contributed by atoms with Gasteiger partial charge in [0.2, 0.25) is 5.91 Å². The number of hydrogen-bond acceptors (Lipinski definition) is 2. The average molecular weight is 259 g/mol. The summed E-state index contributed by atoms with van der Waals surface area (Å²) in [5.74, 6) is 0.285. The number of fused-ring (bicyclic) bond motifs is 1. The van der Waals surface area contributed by atoms with Crippen molar-refractivity contribution in [2.24, 2.45) is 0 Å². The number of carbonyl (C=O) groups is 2. The largest absolute Gasteiger partial charge is 0.326 e. The standard InChI is InChI=1S/C16H21NO2/c1-2-3-4-7-15(18)13-9-10-14-12(11-13)6-5-8-16(19)17-14/h9-11H,2-8H2,1H3,(H,17,19). The number of anilines is 1. The number of aryl methyl sites for hydroxylation is 1. The smallest absolute Gasteiger partial charge is 0.224 e. The highest BCUT2D eigenvalue weighted by Crippen LogP contribution is 2.24. The summed E-state index contributed by atoms with van der Waals surface area (Å²) in [7, 11) is 0. The normalized spacial score (nSPS) is 14.5. The van der Waals surface area contributed by atoms with Gasteiger partial charge in [-0.1, -0.05) is 19.8 Å². The molecule has 0 bridgehead atoms. The fraction of sp³-hybridized carbons (Fsp3) is 0.500. The van der Waals surface area contributed by atoms with Gasteiger partial charge < -0.3 is 5.32 Å². The minimum Gasteiger partial charge on any atom is -0.326 e. The summed E-state index contributed by atoms with van der Waals surface area (Å²) in [6.45, 7) is 2.13. The quantitative estimate of drug-likeness (QED) is 0.647. The molecule has 102 valence electrons. The van der Waals surface area contributed by atoms with Gasteiger partial charge in [0.05, 0.1) is 0 Å². The van der Waals surface area contributed by atoms with E-state index in [1.165, 1.54) is 0 Å². The molecule has 0 aliphatic carbocycles. The molecule has 0 radical (unpaired) electrons. The SMILES string of the molecule is CCCCCC(=O)c1ccc2c(c1)CCCC(=O)N2. The summed E-state index contributed by atoms with van der Waals surface area (Å²) in [6, 6.07) is 5.65. The number of Topliss-reactive ketones (excluding diaryl/α,β-unsaturated/α-hetero) is 1. The van der Waals surface area contributed by atoms with E-state index in [1.54, 1.807) is 0 Å². The van der Waals surface area contributed by atoms with Crippen LogP contribution in [0.4, 0.5) is 5.69 Å². The monoisotopic (exact) mass is 259 g/mol. The number of unbranched alkanes of at least 4 members (excludes halogenated alkanes) is 2.